The van der Waals surface area contributed by atoms with Gasteiger partial charge in [0.25, 0.3) is 11.8 Å². The number of nitrogens with one attached hydrogen (secondary N) is 1. The highest BCUT2D eigenvalue weighted by molar-refractivity contribution is 6.37. The number of carbonyl (C=O) groups excluding carboxylic acids is 4. The van der Waals surface area contributed by atoms with Gasteiger partial charge in [-0.05, 0) is 35.4 Å². The molecule has 3 aromatic carbocycles. The Labute approximate surface area is 211 Å². The van der Waals surface area contributed by atoms with E-state index in [2.05, 4.69) is 5.32 Å². The molecule has 8 nitrogen and oxygen atoms in total. The van der Waals surface area contributed by atoms with E-state index in [1.54, 1.807) is 42.5 Å². The zero-order chi connectivity index (χ0) is 26.9. The van der Waals surface area contributed by atoms with Crippen LogP contribution in [0.15, 0.2) is 72.8 Å². The van der Waals surface area contributed by atoms with Crippen molar-refractivity contribution in [1.29, 1.82) is 0 Å². The third kappa shape index (κ3) is 4.70. The van der Waals surface area contributed by atoms with Gasteiger partial charge in [0.05, 0.1) is 17.8 Å². The maximum absolute atomic E-state index is 14.0. The summed E-state index contributed by atoms with van der Waals surface area (Å²) in [5.74, 6) is -5.49. The first-order chi connectivity index (χ1) is 17.5. The summed E-state index contributed by atoms with van der Waals surface area (Å²) in [6.45, 7) is 0. The highest BCUT2D eigenvalue weighted by Gasteiger charge is 2.56. The largest absolute Gasteiger partial charge is 0.342 e. The Hall–Kier alpha value is -4.44. The molecule has 190 valence electrons. The fourth-order valence-electron chi connectivity index (χ4n) is 4.37. The molecule has 3 N–H and O–H groups in total. The molecule has 0 saturated carbocycles. The second kappa shape index (κ2) is 9.90. The van der Waals surface area contributed by atoms with E-state index in [-0.39, 0.29) is 11.1 Å². The number of benzene rings is 3. The van der Waals surface area contributed by atoms with E-state index in [9.17, 15) is 28.0 Å². The fourth-order valence-corrected chi connectivity index (χ4v) is 4.37. The molecule has 1 aliphatic heterocycles. The van der Waals surface area contributed by atoms with Gasteiger partial charge in [0.2, 0.25) is 11.4 Å². The number of likely N-dealkylation sites (N-methyl/N-ethyl adjacent to an activating group) is 2. The van der Waals surface area contributed by atoms with Crippen LogP contribution in [-0.2, 0) is 25.6 Å². The van der Waals surface area contributed by atoms with E-state index in [4.69, 9.17) is 5.73 Å². The van der Waals surface area contributed by atoms with Crippen molar-refractivity contribution in [3.8, 4) is 0 Å². The Morgan fingerprint density at radius 2 is 1.35 bits per heavy atom. The monoisotopic (exact) mass is 506 g/mol. The minimum absolute atomic E-state index is 0.0354. The summed E-state index contributed by atoms with van der Waals surface area (Å²) in [7, 11) is 2.80. The minimum atomic E-state index is -2.68. The standard InChI is InChI=1S/C27H24F2N4O4/c1-32-20-10-6-7-11-21(20)33(2)26(37)27(30,25(32)36)24(35)23(17-8-4-3-5-9-17)31-22(34)14-16-12-18(28)15-19(29)13-16/h3-13,15,23H,14,30H2,1-2H3,(H,31,34)/t23-/m0/s1. The third-order valence-electron chi connectivity index (χ3n) is 6.26. The van der Waals surface area contributed by atoms with E-state index >= 15 is 0 Å². The number of rotatable bonds is 6. The molecule has 0 spiro atoms. The molecule has 3 aromatic rings. The van der Waals surface area contributed by atoms with E-state index in [1.165, 1.54) is 26.2 Å². The van der Waals surface area contributed by atoms with Crippen LogP contribution in [0.4, 0.5) is 20.2 Å². The Morgan fingerprint density at radius 3 is 1.86 bits per heavy atom. The molecule has 4 rings (SSSR count). The first kappa shape index (κ1) is 25.6. The van der Waals surface area contributed by atoms with Gasteiger partial charge in [-0.2, -0.15) is 0 Å². The van der Waals surface area contributed by atoms with Crippen molar-refractivity contribution < 1.29 is 28.0 Å². The van der Waals surface area contributed by atoms with Crippen LogP contribution >= 0.6 is 0 Å². The molecule has 0 radical (unpaired) electrons. The van der Waals surface area contributed by atoms with Crippen LogP contribution in [0.3, 0.4) is 0 Å². The number of nitrogens with two attached hydrogens (primary N) is 1. The maximum Gasteiger partial charge on any atom is 0.264 e. The molecule has 10 heteroatoms. The first-order valence-corrected chi connectivity index (χ1v) is 11.3. The summed E-state index contributed by atoms with van der Waals surface area (Å²) >= 11 is 0. The number of hydrogen-bond acceptors (Lipinski definition) is 5. The van der Waals surface area contributed by atoms with E-state index in [1.807, 2.05) is 0 Å². The average molecular weight is 507 g/mol. The summed E-state index contributed by atoms with van der Waals surface area (Å²) in [6.07, 6.45) is -0.462. The van der Waals surface area contributed by atoms with Crippen molar-refractivity contribution >= 4 is 34.9 Å². The second-order valence-corrected chi connectivity index (χ2v) is 8.76. The molecule has 0 aromatic heterocycles. The van der Waals surface area contributed by atoms with Gasteiger partial charge in [0.15, 0.2) is 5.78 Å². The van der Waals surface area contributed by atoms with Crippen molar-refractivity contribution in [3.05, 3.63) is 95.6 Å². The molecular weight excluding hydrogens is 482 g/mol. The van der Waals surface area contributed by atoms with Crippen molar-refractivity contribution in [2.45, 2.75) is 18.0 Å². The van der Waals surface area contributed by atoms with E-state index in [0.29, 0.717) is 17.4 Å². The molecule has 0 saturated heterocycles. The number of fused-ring (bicyclic) bond motifs is 1. The van der Waals surface area contributed by atoms with Gasteiger partial charge in [-0.1, -0.05) is 42.5 Å². The van der Waals surface area contributed by atoms with Crippen LogP contribution in [0.5, 0.6) is 0 Å². The number of amides is 3. The lowest BCUT2D eigenvalue weighted by molar-refractivity contribution is -0.143. The van der Waals surface area contributed by atoms with Crippen molar-refractivity contribution in [2.75, 3.05) is 23.9 Å². The Morgan fingerprint density at radius 1 is 0.865 bits per heavy atom. The number of anilines is 2. The summed E-state index contributed by atoms with van der Waals surface area (Å²) in [4.78, 5) is 56.3. The zero-order valence-corrected chi connectivity index (χ0v) is 20.1. The molecule has 37 heavy (non-hydrogen) atoms. The van der Waals surface area contributed by atoms with Crippen molar-refractivity contribution in [2.24, 2.45) is 5.73 Å². The molecule has 0 bridgehead atoms. The lowest BCUT2D eigenvalue weighted by atomic mass is 9.84. The highest BCUT2D eigenvalue weighted by Crippen LogP contribution is 2.35. The first-order valence-electron chi connectivity index (χ1n) is 11.3. The smallest absolute Gasteiger partial charge is 0.264 e. The molecule has 1 heterocycles. The molecule has 0 aliphatic carbocycles. The van der Waals surface area contributed by atoms with Crippen LogP contribution < -0.4 is 20.9 Å². The number of Topliss-reactive ketones (excluding diaryl/α,β-unsaturated/α-hetero) is 1. The van der Waals surface area contributed by atoms with Gasteiger partial charge in [-0.15, -0.1) is 0 Å². The summed E-state index contributed by atoms with van der Waals surface area (Å²) in [5, 5.41) is 2.50. The SMILES string of the molecule is CN1C(=O)C(N)(C(=O)[C@@H](NC(=O)Cc2cc(F)cc(F)c2)c2ccccc2)C(=O)N(C)c2ccccc21. The summed E-state index contributed by atoms with van der Waals surface area (Å²) in [5.41, 5.74) is 4.74. The Kier molecular flexibility index (Phi) is 6.86. The van der Waals surface area contributed by atoms with Crippen molar-refractivity contribution in [3.63, 3.8) is 0 Å². The third-order valence-corrected chi connectivity index (χ3v) is 6.26. The minimum Gasteiger partial charge on any atom is -0.342 e. The molecule has 1 aliphatic rings. The second-order valence-electron chi connectivity index (χ2n) is 8.76. The lowest BCUT2D eigenvalue weighted by Crippen LogP contribution is -2.69. The summed E-state index contributed by atoms with van der Waals surface area (Å²) < 4.78 is 27.2. The van der Waals surface area contributed by atoms with Crippen LogP contribution in [0.25, 0.3) is 0 Å². The molecule has 0 fully saturated rings. The fraction of sp³-hybridized carbons (Fsp3) is 0.185. The number of carbonyl (C=O) groups is 4. The van der Waals surface area contributed by atoms with Crippen LogP contribution in [-0.4, -0.2) is 43.1 Å². The van der Waals surface area contributed by atoms with Crippen LogP contribution in [0, 0.1) is 11.6 Å². The van der Waals surface area contributed by atoms with Gasteiger partial charge >= 0.3 is 0 Å². The Balaban J connectivity index is 1.72. The quantitative estimate of drug-likeness (QED) is 0.498. The predicted octanol–water partition coefficient (Wildman–Crippen LogP) is 2.27. The molecule has 1 atom stereocenters. The number of halogens is 2. The van der Waals surface area contributed by atoms with Gasteiger partial charge in [-0.25, -0.2) is 8.78 Å². The maximum atomic E-state index is 14.0. The topological polar surface area (TPSA) is 113 Å². The van der Waals surface area contributed by atoms with Gasteiger partial charge in [-0.3, -0.25) is 19.2 Å². The highest BCUT2D eigenvalue weighted by atomic mass is 19.1. The van der Waals surface area contributed by atoms with Gasteiger partial charge in [0, 0.05) is 20.2 Å². The normalized spacial score (nSPS) is 15.6. The zero-order valence-electron chi connectivity index (χ0n) is 20.1. The van der Waals surface area contributed by atoms with E-state index in [0.717, 1.165) is 21.9 Å². The number of nitrogens with zero attached hydrogens (tertiary/aromatic N) is 2. The predicted molar refractivity (Wildman–Crippen MR) is 133 cm³/mol. The average Bonchev–Trinajstić information content (AvgIpc) is 2.93. The molecule has 0 unspecified atom stereocenters. The Bertz CT molecular complexity index is 1330. The van der Waals surface area contributed by atoms with Gasteiger partial charge in [0.1, 0.15) is 17.7 Å². The summed E-state index contributed by atoms with van der Waals surface area (Å²) in [6, 6.07) is 15.7. The van der Waals surface area contributed by atoms with Crippen LogP contribution in [0.2, 0.25) is 0 Å². The van der Waals surface area contributed by atoms with Crippen molar-refractivity contribution in [1.82, 2.24) is 5.32 Å². The number of ketones is 1. The van der Waals surface area contributed by atoms with E-state index < -0.39 is 53.1 Å². The molecular formula is C27H24F2N4O4. The molecule has 3 amide bonds. The number of hydrogen-bond donors (Lipinski definition) is 2. The number of para-hydroxylation sites is 2. The van der Waals surface area contributed by atoms with Crippen LogP contribution in [0.1, 0.15) is 17.2 Å². The van der Waals surface area contributed by atoms with Gasteiger partial charge < -0.3 is 20.9 Å². The lowest BCUT2D eigenvalue weighted by Gasteiger charge is -2.32.